The predicted octanol–water partition coefficient (Wildman–Crippen LogP) is 1.84. The van der Waals surface area contributed by atoms with Crippen molar-refractivity contribution in [2.75, 3.05) is 0 Å². The van der Waals surface area contributed by atoms with Crippen molar-refractivity contribution in [2.24, 2.45) is 0 Å². The number of allylic oxidation sites excluding steroid dienone is 4. The van der Waals surface area contributed by atoms with Crippen LogP contribution >= 0.6 is 0 Å². The van der Waals surface area contributed by atoms with E-state index < -0.39 is 0 Å². The molecule has 0 unspecified atom stereocenters. The average Bonchev–Trinajstić information content (AvgIpc) is 2.22. The molecule has 0 saturated heterocycles. The van der Waals surface area contributed by atoms with E-state index in [1.807, 2.05) is 0 Å². The molecule has 2 bridgehead atoms. The number of hydrogen-bond donors (Lipinski definition) is 0. The Kier molecular flexibility index (Phi) is 1.59. The van der Waals surface area contributed by atoms with Crippen LogP contribution in [0, 0.1) is 6.08 Å². The van der Waals surface area contributed by atoms with Crippen LogP contribution in [-0.2, 0) is 17.1 Å². The summed E-state index contributed by atoms with van der Waals surface area (Å²) in [6, 6.07) is 0. The fraction of sp³-hybridized carbons (Fsp3) is 0.429. The third-order valence-electron chi connectivity index (χ3n) is 1.67. The van der Waals surface area contributed by atoms with Gasteiger partial charge in [0.15, 0.2) is 0 Å². The van der Waals surface area contributed by atoms with Crippen molar-refractivity contribution in [1.29, 1.82) is 0 Å². The maximum absolute atomic E-state index is 3.21. The van der Waals surface area contributed by atoms with E-state index in [0.29, 0.717) is 0 Å². The topological polar surface area (TPSA) is 0 Å². The van der Waals surface area contributed by atoms with Gasteiger partial charge < -0.3 is 0 Å². The molecule has 44 valence electrons. The second-order valence-electron chi connectivity index (χ2n) is 2.23. The van der Waals surface area contributed by atoms with Crippen LogP contribution < -0.4 is 0 Å². The molecule has 0 atom stereocenters. The minimum Gasteiger partial charge on any atom is -0.253 e. The first kappa shape index (κ1) is 6.12. The Hall–Kier alpha value is -0.000519. The second-order valence-corrected chi connectivity index (χ2v) is 2.23. The van der Waals surface area contributed by atoms with Crippen molar-refractivity contribution in [3.8, 4) is 0 Å². The van der Waals surface area contributed by atoms with E-state index in [0.717, 1.165) is 0 Å². The zero-order valence-electron chi connectivity index (χ0n) is 4.55. The predicted molar refractivity (Wildman–Crippen MR) is 28.7 cm³/mol. The minimum atomic E-state index is 0. The van der Waals surface area contributed by atoms with Crippen molar-refractivity contribution in [3.63, 3.8) is 0 Å². The standard InChI is InChI=1S/C7H7.Fe/c1-2-7-4-3-6(1)5-7;/h1H,3-5H2;/q-1;. The molecule has 0 N–H and O–H groups in total. The van der Waals surface area contributed by atoms with Gasteiger partial charge in [0.25, 0.3) is 0 Å². The Morgan fingerprint density at radius 1 is 1.38 bits per heavy atom. The monoisotopic (exact) mass is 147 g/mol. The van der Waals surface area contributed by atoms with Crippen LogP contribution in [0.1, 0.15) is 19.3 Å². The van der Waals surface area contributed by atoms with Crippen LogP contribution in [0.2, 0.25) is 0 Å². The quantitative estimate of drug-likeness (QED) is 0.362. The number of rotatable bonds is 0. The first-order valence-electron chi connectivity index (χ1n) is 2.74. The first-order valence-corrected chi connectivity index (χ1v) is 2.74. The number of hydrogen-bond acceptors (Lipinski definition) is 0. The Morgan fingerprint density at radius 3 is 2.38 bits per heavy atom. The van der Waals surface area contributed by atoms with Gasteiger partial charge in [-0.15, -0.1) is 0 Å². The van der Waals surface area contributed by atoms with Crippen LogP contribution in [0.4, 0.5) is 0 Å². The number of fused-ring (bicyclic) bond motifs is 2. The molecule has 0 nitrogen and oxygen atoms in total. The molecule has 0 aromatic heterocycles. The molecule has 0 aromatic carbocycles. The molecule has 2 rings (SSSR count). The van der Waals surface area contributed by atoms with E-state index in [1.54, 1.807) is 5.57 Å². The minimum absolute atomic E-state index is 0. The van der Waals surface area contributed by atoms with Gasteiger partial charge in [-0.25, -0.2) is 11.6 Å². The summed E-state index contributed by atoms with van der Waals surface area (Å²) in [4.78, 5) is 0. The summed E-state index contributed by atoms with van der Waals surface area (Å²) in [5, 5.41) is 0. The van der Waals surface area contributed by atoms with Crippen LogP contribution in [0.3, 0.4) is 0 Å². The Labute approximate surface area is 60.1 Å². The maximum Gasteiger partial charge on any atom is 0 e. The molecule has 0 heterocycles. The van der Waals surface area contributed by atoms with Crippen LogP contribution in [0.5, 0.6) is 0 Å². The summed E-state index contributed by atoms with van der Waals surface area (Å²) in [5.41, 5.74) is 3.12. The van der Waals surface area contributed by atoms with Gasteiger partial charge in [-0.05, 0) is 0 Å². The summed E-state index contributed by atoms with van der Waals surface area (Å²) in [6.45, 7) is 0. The third-order valence-corrected chi connectivity index (χ3v) is 1.67. The molecule has 2 aliphatic rings. The molecular weight excluding hydrogens is 140 g/mol. The van der Waals surface area contributed by atoms with Gasteiger partial charge in [0.05, 0.1) is 0 Å². The van der Waals surface area contributed by atoms with Crippen molar-refractivity contribution in [3.05, 3.63) is 23.3 Å². The molecule has 0 aliphatic heterocycles. The summed E-state index contributed by atoms with van der Waals surface area (Å²) in [6.07, 6.45) is 9.22. The van der Waals surface area contributed by atoms with E-state index in [4.69, 9.17) is 0 Å². The summed E-state index contributed by atoms with van der Waals surface area (Å²) < 4.78 is 0. The zero-order valence-corrected chi connectivity index (χ0v) is 5.66. The van der Waals surface area contributed by atoms with Gasteiger partial charge in [0, 0.05) is 17.1 Å². The van der Waals surface area contributed by atoms with E-state index in [9.17, 15) is 0 Å². The first-order chi connectivity index (χ1) is 3.45. The molecule has 0 amide bonds. The van der Waals surface area contributed by atoms with Gasteiger partial charge in [-0.1, -0.05) is 19.3 Å². The SMILES string of the molecule is [C-]1=C2CCC(=C1)C2.[Fe]. The fourth-order valence-corrected chi connectivity index (χ4v) is 1.21. The molecule has 0 spiro atoms. The molecule has 8 heavy (non-hydrogen) atoms. The summed E-state index contributed by atoms with van der Waals surface area (Å²) in [7, 11) is 0. The molecule has 1 saturated carbocycles. The molecule has 2 aliphatic carbocycles. The van der Waals surface area contributed by atoms with Gasteiger partial charge >= 0.3 is 0 Å². The second kappa shape index (κ2) is 2.08. The zero-order chi connectivity index (χ0) is 4.69. The third kappa shape index (κ3) is 0.765. The molecule has 1 fully saturated rings. The van der Waals surface area contributed by atoms with Crippen LogP contribution in [0.15, 0.2) is 17.2 Å². The van der Waals surface area contributed by atoms with Crippen molar-refractivity contribution < 1.29 is 17.1 Å². The maximum atomic E-state index is 3.21. The molecular formula is C7H7Fe-. The summed E-state index contributed by atoms with van der Waals surface area (Å²) >= 11 is 0. The van der Waals surface area contributed by atoms with E-state index >= 15 is 0 Å². The fourth-order valence-electron chi connectivity index (χ4n) is 1.21. The summed E-state index contributed by atoms with van der Waals surface area (Å²) in [5.74, 6) is 0. The van der Waals surface area contributed by atoms with Crippen molar-refractivity contribution >= 4 is 0 Å². The van der Waals surface area contributed by atoms with E-state index in [-0.39, 0.29) is 17.1 Å². The van der Waals surface area contributed by atoms with E-state index in [1.165, 1.54) is 24.8 Å². The Morgan fingerprint density at radius 2 is 2.25 bits per heavy atom. The van der Waals surface area contributed by atoms with Gasteiger partial charge in [0.1, 0.15) is 0 Å². The Bertz CT molecular complexity index is 136. The normalized spacial score (nSPS) is 22.0. The largest absolute Gasteiger partial charge is 0.253 e. The Balaban J connectivity index is 0.000000320. The molecule has 0 aromatic rings. The molecule has 1 heteroatoms. The van der Waals surface area contributed by atoms with Gasteiger partial charge in [-0.2, -0.15) is 5.57 Å². The van der Waals surface area contributed by atoms with Gasteiger partial charge in [-0.3, -0.25) is 6.08 Å². The van der Waals surface area contributed by atoms with Crippen molar-refractivity contribution in [1.82, 2.24) is 0 Å². The van der Waals surface area contributed by atoms with Crippen molar-refractivity contribution in [2.45, 2.75) is 19.3 Å². The van der Waals surface area contributed by atoms with Crippen LogP contribution in [0.25, 0.3) is 0 Å². The smallest absolute Gasteiger partial charge is 0 e. The van der Waals surface area contributed by atoms with E-state index in [2.05, 4.69) is 12.2 Å². The van der Waals surface area contributed by atoms with Gasteiger partial charge in [0.2, 0.25) is 0 Å². The van der Waals surface area contributed by atoms with Crippen LogP contribution in [-0.4, -0.2) is 0 Å². The molecule has 0 radical (unpaired) electrons. The average molecular weight is 147 g/mol.